The second-order valence-corrected chi connectivity index (χ2v) is 8.76. The summed E-state index contributed by atoms with van der Waals surface area (Å²) in [6, 6.07) is 16.3. The number of anilines is 4. The minimum atomic E-state index is 0.402. The number of para-hydroxylation sites is 1. The topological polar surface area (TPSA) is 94.1 Å². The summed E-state index contributed by atoms with van der Waals surface area (Å²) < 4.78 is 0. The number of rotatable bonds is 6. The summed E-state index contributed by atoms with van der Waals surface area (Å²) in [5, 5.41) is 8.78. The van der Waals surface area contributed by atoms with E-state index in [4.69, 9.17) is 0 Å². The monoisotopic (exact) mass is 444 g/mol. The molecular formula is C23H24N8S. The normalized spacial score (nSPS) is 14.2. The van der Waals surface area contributed by atoms with Crippen molar-refractivity contribution in [3.8, 4) is 0 Å². The first-order valence-corrected chi connectivity index (χ1v) is 11.7. The number of hydrogen-bond donors (Lipinski definition) is 3. The van der Waals surface area contributed by atoms with Gasteiger partial charge in [0.25, 0.3) is 0 Å². The van der Waals surface area contributed by atoms with Crippen molar-refractivity contribution in [2.24, 2.45) is 5.10 Å². The van der Waals surface area contributed by atoms with Gasteiger partial charge in [0.15, 0.2) is 0 Å². The summed E-state index contributed by atoms with van der Waals surface area (Å²) >= 11 is 1.95. The molecule has 0 amide bonds. The van der Waals surface area contributed by atoms with E-state index in [2.05, 4.69) is 65.8 Å². The molecule has 0 spiro atoms. The number of aromatic nitrogens is 4. The van der Waals surface area contributed by atoms with Crippen LogP contribution in [0.1, 0.15) is 11.1 Å². The van der Waals surface area contributed by atoms with Crippen LogP contribution >= 0.6 is 11.8 Å². The summed E-state index contributed by atoms with van der Waals surface area (Å²) in [6.45, 7) is 3.89. The second kappa shape index (κ2) is 9.27. The van der Waals surface area contributed by atoms with Gasteiger partial charge >= 0.3 is 0 Å². The van der Waals surface area contributed by atoms with Gasteiger partial charge in [0, 0.05) is 52.9 Å². The molecule has 3 N–H and O–H groups in total. The highest BCUT2D eigenvalue weighted by molar-refractivity contribution is 7.99. The van der Waals surface area contributed by atoms with Crippen molar-refractivity contribution in [3.05, 3.63) is 65.9 Å². The molecule has 2 aromatic heterocycles. The first-order chi connectivity index (χ1) is 15.7. The molecule has 1 saturated heterocycles. The standard InChI is InChI=1S/C23H24N8S/c1-16-6-8-18(9-7-16)26-21-27-22(29-23(28-21)31-10-12-32-13-11-31)30-25-15-17-14-24-20-5-3-2-4-19(17)20/h2-9,14-15,24H,10-13H2,1H3,(H2,26,27,28,29,30)/b25-15+. The lowest BCUT2D eigenvalue weighted by molar-refractivity contribution is 0.809. The zero-order valence-corrected chi connectivity index (χ0v) is 18.6. The predicted molar refractivity (Wildman–Crippen MR) is 133 cm³/mol. The fourth-order valence-corrected chi connectivity index (χ4v) is 4.40. The first-order valence-electron chi connectivity index (χ1n) is 10.5. The van der Waals surface area contributed by atoms with E-state index in [1.165, 1.54) is 5.56 Å². The predicted octanol–water partition coefficient (Wildman–Crippen LogP) is 4.40. The van der Waals surface area contributed by atoms with E-state index in [0.29, 0.717) is 17.8 Å². The Hall–Kier alpha value is -3.59. The van der Waals surface area contributed by atoms with Crippen molar-refractivity contribution >= 4 is 52.4 Å². The number of nitrogens with one attached hydrogen (secondary N) is 3. The minimum absolute atomic E-state index is 0.402. The number of hydrogen-bond acceptors (Lipinski definition) is 8. The van der Waals surface area contributed by atoms with Crippen LogP contribution < -0.4 is 15.6 Å². The molecule has 0 saturated carbocycles. The van der Waals surface area contributed by atoms with Crippen LogP contribution in [0, 0.1) is 6.92 Å². The summed E-state index contributed by atoms with van der Waals surface area (Å²) in [6.07, 6.45) is 3.71. The van der Waals surface area contributed by atoms with Crippen molar-refractivity contribution in [1.29, 1.82) is 0 Å². The van der Waals surface area contributed by atoms with Crippen molar-refractivity contribution in [2.75, 3.05) is 40.2 Å². The molecule has 3 heterocycles. The Bertz CT molecular complexity index is 1230. The summed E-state index contributed by atoms with van der Waals surface area (Å²) in [4.78, 5) is 19.2. The van der Waals surface area contributed by atoms with Crippen LogP contribution in [-0.4, -0.2) is 50.7 Å². The van der Waals surface area contributed by atoms with E-state index in [1.54, 1.807) is 6.21 Å². The van der Waals surface area contributed by atoms with Gasteiger partial charge in [-0.2, -0.15) is 31.8 Å². The van der Waals surface area contributed by atoms with Crippen molar-refractivity contribution in [2.45, 2.75) is 6.92 Å². The summed E-state index contributed by atoms with van der Waals surface area (Å²) in [5.74, 6) is 3.67. The van der Waals surface area contributed by atoms with Gasteiger partial charge in [0.05, 0.1) is 6.21 Å². The SMILES string of the molecule is Cc1ccc(Nc2nc(N/N=C/c3c[nH]c4ccccc34)nc(N3CCSCC3)n2)cc1. The second-order valence-electron chi connectivity index (χ2n) is 7.53. The van der Waals surface area contributed by atoms with Crippen LogP contribution in [0.5, 0.6) is 0 Å². The van der Waals surface area contributed by atoms with Gasteiger partial charge in [-0.3, -0.25) is 0 Å². The number of benzene rings is 2. The lowest BCUT2D eigenvalue weighted by Gasteiger charge is -2.26. The van der Waals surface area contributed by atoms with Crippen LogP contribution in [0.2, 0.25) is 0 Å². The van der Waals surface area contributed by atoms with Gasteiger partial charge < -0.3 is 15.2 Å². The lowest BCUT2D eigenvalue weighted by Crippen LogP contribution is -2.34. The van der Waals surface area contributed by atoms with Gasteiger partial charge in [0.2, 0.25) is 17.8 Å². The van der Waals surface area contributed by atoms with Gasteiger partial charge in [-0.1, -0.05) is 35.9 Å². The molecule has 162 valence electrons. The summed E-state index contributed by atoms with van der Waals surface area (Å²) in [5.41, 5.74) is 7.18. The fraction of sp³-hybridized carbons (Fsp3) is 0.217. The van der Waals surface area contributed by atoms with Crippen molar-refractivity contribution in [1.82, 2.24) is 19.9 Å². The zero-order chi connectivity index (χ0) is 21.8. The highest BCUT2D eigenvalue weighted by Gasteiger charge is 2.16. The van der Waals surface area contributed by atoms with Crippen LogP contribution in [0.15, 0.2) is 59.8 Å². The molecule has 1 aliphatic heterocycles. The number of H-pyrrole nitrogens is 1. The highest BCUT2D eigenvalue weighted by Crippen LogP contribution is 2.21. The Labute approximate surface area is 190 Å². The number of thioether (sulfide) groups is 1. The third-order valence-corrected chi connectivity index (χ3v) is 6.16. The van der Waals surface area contributed by atoms with Crippen LogP contribution in [0.25, 0.3) is 10.9 Å². The van der Waals surface area contributed by atoms with Gasteiger partial charge in [-0.25, -0.2) is 5.43 Å². The molecule has 8 nitrogen and oxygen atoms in total. The fourth-order valence-electron chi connectivity index (χ4n) is 3.50. The number of fused-ring (bicyclic) bond motifs is 1. The maximum absolute atomic E-state index is 4.66. The smallest absolute Gasteiger partial charge is 0.250 e. The van der Waals surface area contributed by atoms with Crippen LogP contribution in [0.3, 0.4) is 0 Å². The van der Waals surface area contributed by atoms with E-state index in [0.717, 1.165) is 46.7 Å². The Kier molecular flexibility index (Phi) is 5.89. The molecule has 2 aromatic carbocycles. The van der Waals surface area contributed by atoms with Crippen LogP contribution in [-0.2, 0) is 0 Å². The Morgan fingerprint density at radius 3 is 2.62 bits per heavy atom. The molecule has 0 aliphatic carbocycles. The molecule has 4 aromatic rings. The van der Waals surface area contributed by atoms with E-state index >= 15 is 0 Å². The number of aromatic amines is 1. The van der Waals surface area contributed by atoms with Crippen molar-refractivity contribution in [3.63, 3.8) is 0 Å². The van der Waals surface area contributed by atoms with Gasteiger partial charge in [-0.05, 0) is 25.1 Å². The van der Waals surface area contributed by atoms with Gasteiger partial charge in [0.1, 0.15) is 0 Å². The third-order valence-electron chi connectivity index (χ3n) is 5.21. The first kappa shape index (κ1) is 20.3. The Morgan fingerprint density at radius 1 is 1.00 bits per heavy atom. The van der Waals surface area contributed by atoms with Crippen LogP contribution in [0.4, 0.5) is 23.5 Å². The quantitative estimate of drug-likeness (QED) is 0.300. The number of hydrazone groups is 1. The van der Waals surface area contributed by atoms with E-state index in [1.807, 2.05) is 48.3 Å². The average Bonchev–Trinajstić information content (AvgIpc) is 3.24. The largest absolute Gasteiger partial charge is 0.361 e. The van der Waals surface area contributed by atoms with E-state index < -0.39 is 0 Å². The lowest BCUT2D eigenvalue weighted by atomic mass is 10.2. The number of nitrogens with zero attached hydrogens (tertiary/aromatic N) is 5. The molecule has 5 rings (SSSR count). The average molecular weight is 445 g/mol. The molecule has 0 bridgehead atoms. The molecule has 9 heteroatoms. The maximum Gasteiger partial charge on any atom is 0.250 e. The molecule has 0 atom stereocenters. The molecule has 1 fully saturated rings. The molecule has 0 radical (unpaired) electrons. The maximum atomic E-state index is 4.66. The van der Waals surface area contributed by atoms with Crippen molar-refractivity contribution < 1.29 is 0 Å². The number of aryl methyl sites for hydroxylation is 1. The minimum Gasteiger partial charge on any atom is -0.361 e. The molecule has 0 unspecified atom stereocenters. The van der Waals surface area contributed by atoms with Gasteiger partial charge in [-0.15, -0.1) is 0 Å². The molecule has 1 aliphatic rings. The third kappa shape index (κ3) is 4.67. The van der Waals surface area contributed by atoms with E-state index in [-0.39, 0.29) is 0 Å². The molecule has 32 heavy (non-hydrogen) atoms. The Morgan fingerprint density at radius 2 is 1.78 bits per heavy atom. The Balaban J connectivity index is 1.40. The van der Waals surface area contributed by atoms with E-state index in [9.17, 15) is 0 Å². The zero-order valence-electron chi connectivity index (χ0n) is 17.7. The molecular weight excluding hydrogens is 420 g/mol. The highest BCUT2D eigenvalue weighted by atomic mass is 32.2. The summed E-state index contributed by atoms with van der Waals surface area (Å²) in [7, 11) is 0.